The number of nitrogens with zero attached hydrogens (tertiary/aromatic N) is 1. The van der Waals surface area contributed by atoms with Crippen LogP contribution in [0, 0.1) is 17.7 Å². The predicted molar refractivity (Wildman–Crippen MR) is 138 cm³/mol. The number of esters is 1. The molecule has 198 valence electrons. The Morgan fingerprint density at radius 2 is 1.78 bits per heavy atom. The molecule has 2 amide bonds. The van der Waals surface area contributed by atoms with Crippen molar-refractivity contribution in [1.29, 1.82) is 0 Å². The lowest BCUT2D eigenvalue weighted by Gasteiger charge is -2.24. The molecular weight excluding hydrogens is 475 g/mol. The summed E-state index contributed by atoms with van der Waals surface area (Å²) >= 11 is 0. The van der Waals surface area contributed by atoms with Crippen molar-refractivity contribution in [3.05, 3.63) is 83.7 Å². The van der Waals surface area contributed by atoms with E-state index in [2.05, 4.69) is 5.32 Å². The minimum Gasteiger partial charge on any atom is -0.464 e. The van der Waals surface area contributed by atoms with Gasteiger partial charge in [-0.2, -0.15) is 0 Å². The highest BCUT2D eigenvalue weighted by Gasteiger charge is 2.25. The topological polar surface area (TPSA) is 95.9 Å². The summed E-state index contributed by atoms with van der Waals surface area (Å²) in [6.07, 6.45) is 5.79. The number of rotatable bonds is 8. The summed E-state index contributed by atoms with van der Waals surface area (Å²) in [7, 11) is 0. The minimum atomic E-state index is -0.577. The van der Waals surface area contributed by atoms with Gasteiger partial charge in [-0.1, -0.05) is 54.6 Å². The van der Waals surface area contributed by atoms with Gasteiger partial charge in [-0.15, -0.1) is 0 Å². The average Bonchev–Trinajstić information content (AvgIpc) is 2.91. The van der Waals surface area contributed by atoms with Gasteiger partial charge in [-0.3, -0.25) is 14.4 Å². The number of nitrogens with one attached hydrogen (secondary N) is 1. The molecule has 0 spiro atoms. The number of hydrogen-bond acceptors (Lipinski definition) is 5. The predicted octanol–water partition coefficient (Wildman–Crippen LogP) is 3.41. The van der Waals surface area contributed by atoms with Gasteiger partial charge in [0.2, 0.25) is 11.8 Å². The molecule has 0 unspecified atom stereocenters. The van der Waals surface area contributed by atoms with E-state index >= 15 is 0 Å². The number of hydrogen-bond donors (Lipinski definition) is 2. The van der Waals surface area contributed by atoms with Crippen LogP contribution in [0.15, 0.2) is 66.7 Å². The zero-order valence-corrected chi connectivity index (χ0v) is 21.0. The second kappa shape index (κ2) is 14.9. The van der Waals surface area contributed by atoms with Gasteiger partial charge in [0.25, 0.3) is 0 Å². The molecule has 3 rings (SSSR count). The largest absolute Gasteiger partial charge is 0.464 e. The lowest BCUT2D eigenvalue weighted by atomic mass is 9.94. The zero-order valence-electron chi connectivity index (χ0n) is 21.0. The van der Waals surface area contributed by atoms with Gasteiger partial charge >= 0.3 is 5.97 Å². The van der Waals surface area contributed by atoms with Gasteiger partial charge in [0.1, 0.15) is 12.4 Å². The monoisotopic (exact) mass is 510 g/mol. The smallest absolute Gasteiger partial charge is 0.309 e. The van der Waals surface area contributed by atoms with Crippen LogP contribution in [0.1, 0.15) is 36.8 Å². The first-order chi connectivity index (χ1) is 18.0. The van der Waals surface area contributed by atoms with E-state index in [9.17, 15) is 23.9 Å². The Morgan fingerprint density at radius 3 is 2.51 bits per heavy atom. The number of ether oxygens (including phenoxy) is 1. The van der Waals surface area contributed by atoms with E-state index in [1.807, 2.05) is 42.5 Å². The Kier molecular flexibility index (Phi) is 11.3. The molecule has 0 radical (unpaired) electrons. The molecule has 0 bridgehead atoms. The van der Waals surface area contributed by atoms with Crippen molar-refractivity contribution in [3.8, 4) is 0 Å². The van der Waals surface area contributed by atoms with E-state index in [0.717, 1.165) is 11.1 Å². The highest BCUT2D eigenvalue weighted by Crippen LogP contribution is 2.19. The van der Waals surface area contributed by atoms with Crippen LogP contribution in [0.4, 0.5) is 4.39 Å². The molecule has 0 saturated carbocycles. The Morgan fingerprint density at radius 1 is 1.03 bits per heavy atom. The van der Waals surface area contributed by atoms with Crippen LogP contribution in [0.5, 0.6) is 0 Å². The highest BCUT2D eigenvalue weighted by atomic mass is 19.1. The summed E-state index contributed by atoms with van der Waals surface area (Å²) in [4.78, 5) is 40.2. The van der Waals surface area contributed by atoms with E-state index < -0.39 is 5.92 Å². The molecule has 37 heavy (non-hydrogen) atoms. The second-order valence-corrected chi connectivity index (χ2v) is 9.20. The molecular formula is C29H35FN2O5. The summed E-state index contributed by atoms with van der Waals surface area (Å²) < 4.78 is 18.6. The molecule has 0 saturated heterocycles. The molecule has 1 aliphatic rings. The normalized spacial score (nSPS) is 19.9. The average molecular weight is 511 g/mol. The van der Waals surface area contributed by atoms with Crippen LogP contribution in [-0.2, 0) is 32.1 Å². The van der Waals surface area contributed by atoms with Gasteiger partial charge in [0, 0.05) is 19.5 Å². The summed E-state index contributed by atoms with van der Waals surface area (Å²) in [5, 5.41) is 12.2. The zero-order chi connectivity index (χ0) is 26.5. The number of cyclic esters (lactones) is 1. The van der Waals surface area contributed by atoms with E-state index in [1.54, 1.807) is 17.0 Å². The van der Waals surface area contributed by atoms with Crippen molar-refractivity contribution in [2.75, 3.05) is 26.3 Å². The maximum absolute atomic E-state index is 13.2. The number of benzene rings is 2. The Bertz CT molecular complexity index is 1040. The molecule has 2 N–H and O–H groups in total. The number of carbonyl (C=O) groups excluding carboxylic acids is 3. The number of aliphatic hydroxyl groups excluding tert-OH is 1. The summed E-state index contributed by atoms with van der Waals surface area (Å²) in [5.74, 6) is -2.12. The molecule has 1 aliphatic heterocycles. The third-order valence-electron chi connectivity index (χ3n) is 6.37. The van der Waals surface area contributed by atoms with E-state index in [0.29, 0.717) is 32.2 Å². The van der Waals surface area contributed by atoms with Crippen molar-refractivity contribution in [1.82, 2.24) is 10.2 Å². The van der Waals surface area contributed by atoms with Crippen molar-refractivity contribution in [2.45, 2.75) is 38.6 Å². The highest BCUT2D eigenvalue weighted by molar-refractivity contribution is 5.86. The molecule has 0 aromatic heterocycles. The third-order valence-corrected chi connectivity index (χ3v) is 6.37. The van der Waals surface area contributed by atoms with E-state index in [1.165, 1.54) is 12.1 Å². The molecule has 7 nitrogen and oxygen atoms in total. The molecule has 0 aliphatic carbocycles. The first-order valence-corrected chi connectivity index (χ1v) is 12.7. The summed E-state index contributed by atoms with van der Waals surface area (Å²) in [6, 6.07) is 15.6. The third kappa shape index (κ3) is 9.46. The van der Waals surface area contributed by atoms with Gasteiger partial charge in [0.05, 0.1) is 25.0 Å². The SMILES string of the molecule is O=C1NCCOC(=O)[C@H](Cc2ccc(F)cc2)CC/C=C/C[C@H]1CC(=O)N(CCO)Cc1ccccc1. The van der Waals surface area contributed by atoms with E-state index in [-0.39, 0.29) is 62.2 Å². The first kappa shape index (κ1) is 28.1. The number of carbonyl (C=O) groups is 3. The van der Waals surface area contributed by atoms with E-state index in [4.69, 9.17) is 4.74 Å². The van der Waals surface area contributed by atoms with Crippen LogP contribution >= 0.6 is 0 Å². The van der Waals surface area contributed by atoms with Crippen LogP contribution in [0.2, 0.25) is 0 Å². The van der Waals surface area contributed by atoms with Gasteiger partial charge in [-0.05, 0) is 48.9 Å². The Hall–Kier alpha value is -3.52. The minimum absolute atomic E-state index is 0.00991. The van der Waals surface area contributed by atoms with Gasteiger partial charge < -0.3 is 20.1 Å². The summed E-state index contributed by atoms with van der Waals surface area (Å²) in [5.41, 5.74) is 1.80. The lowest BCUT2D eigenvalue weighted by Crippen LogP contribution is -2.39. The standard InChI is InChI=1S/C29H35FN2O5/c30-26-13-11-22(12-14-26)19-25-10-6-2-5-9-24(28(35)31-15-18-37-29(25)36)20-27(34)32(16-17-33)21-23-7-3-1-4-8-23/h1-5,7-8,11-14,24-25,33H,6,9-10,15-21H2,(H,31,35)/b5-2+/t24-,25-/m0/s1. The van der Waals surface area contributed by atoms with Crippen LogP contribution in [-0.4, -0.2) is 54.1 Å². The molecule has 2 aromatic carbocycles. The number of aliphatic hydroxyl groups is 1. The molecule has 0 fully saturated rings. The maximum Gasteiger partial charge on any atom is 0.309 e. The molecule has 2 aromatic rings. The Labute approximate surface area is 217 Å². The molecule has 2 atom stereocenters. The molecule has 1 heterocycles. The van der Waals surface area contributed by atoms with Crippen molar-refractivity contribution < 1.29 is 28.6 Å². The second-order valence-electron chi connectivity index (χ2n) is 9.20. The fraction of sp³-hybridized carbons (Fsp3) is 0.414. The van der Waals surface area contributed by atoms with Crippen molar-refractivity contribution >= 4 is 17.8 Å². The van der Waals surface area contributed by atoms with Gasteiger partial charge in [-0.25, -0.2) is 4.39 Å². The van der Waals surface area contributed by atoms with Crippen LogP contribution in [0.3, 0.4) is 0 Å². The van der Waals surface area contributed by atoms with Crippen molar-refractivity contribution in [3.63, 3.8) is 0 Å². The quantitative estimate of drug-likeness (QED) is 0.419. The fourth-order valence-electron chi connectivity index (χ4n) is 4.31. The molecule has 8 heteroatoms. The van der Waals surface area contributed by atoms with Crippen LogP contribution < -0.4 is 5.32 Å². The van der Waals surface area contributed by atoms with Crippen LogP contribution in [0.25, 0.3) is 0 Å². The maximum atomic E-state index is 13.2. The number of amides is 2. The lowest BCUT2D eigenvalue weighted by molar-refractivity contribution is -0.149. The number of halogens is 1. The Balaban J connectivity index is 1.63. The van der Waals surface area contributed by atoms with Crippen molar-refractivity contribution in [2.24, 2.45) is 11.8 Å². The summed E-state index contributed by atoms with van der Waals surface area (Å²) in [6.45, 7) is 0.550. The first-order valence-electron chi connectivity index (χ1n) is 12.7. The fourth-order valence-corrected chi connectivity index (χ4v) is 4.31. The number of allylic oxidation sites excluding steroid dienone is 2. The van der Waals surface area contributed by atoms with Gasteiger partial charge in [0.15, 0.2) is 0 Å².